The maximum absolute atomic E-state index is 11.5. The van der Waals surface area contributed by atoms with E-state index in [0.717, 1.165) is 0 Å². The lowest BCUT2D eigenvalue weighted by Gasteiger charge is -2.28. The topological polar surface area (TPSA) is 91.7 Å². The molecule has 0 aromatic rings. The first-order valence-corrected chi connectivity index (χ1v) is 4.93. The Hall–Kier alpha value is -1.23. The summed E-state index contributed by atoms with van der Waals surface area (Å²) in [5.41, 5.74) is 0. The normalized spacial score (nSPS) is 31.3. The van der Waals surface area contributed by atoms with Crippen LogP contribution in [0, 0.1) is 11.8 Å². The van der Waals surface area contributed by atoms with Crippen LogP contribution in [-0.4, -0.2) is 33.9 Å². The first-order valence-electron chi connectivity index (χ1n) is 4.93. The molecule has 1 saturated carbocycles. The van der Waals surface area contributed by atoms with Crippen molar-refractivity contribution in [3.63, 3.8) is 0 Å². The lowest BCUT2D eigenvalue weighted by Crippen LogP contribution is -2.43. The summed E-state index contributed by atoms with van der Waals surface area (Å²) in [4.78, 5) is 33.5. The first-order chi connectivity index (χ1) is 6.97. The number of aliphatic carboxylic acids is 1. The van der Waals surface area contributed by atoms with E-state index in [-0.39, 0.29) is 25.0 Å². The minimum atomic E-state index is -1.14. The molecule has 0 spiro atoms. The molecule has 1 aliphatic carbocycles. The number of carboxylic acids is 1. The Morgan fingerprint density at radius 1 is 1.47 bits per heavy atom. The van der Waals surface area contributed by atoms with E-state index in [4.69, 9.17) is 5.11 Å². The Bertz CT molecular complexity index is 296. The molecule has 0 aromatic heterocycles. The van der Waals surface area contributed by atoms with Gasteiger partial charge < -0.3 is 10.2 Å². The maximum atomic E-state index is 11.5. The van der Waals surface area contributed by atoms with E-state index >= 15 is 0 Å². The highest BCUT2D eigenvalue weighted by atomic mass is 16.4. The van der Waals surface area contributed by atoms with Gasteiger partial charge in [-0.25, -0.2) is 0 Å². The van der Waals surface area contributed by atoms with Crippen molar-refractivity contribution in [1.82, 2.24) is 0 Å². The zero-order valence-electron chi connectivity index (χ0n) is 8.47. The Balaban J connectivity index is 2.77. The minimum Gasteiger partial charge on any atom is -0.481 e. The monoisotopic (exact) mass is 214 g/mol. The quantitative estimate of drug-likeness (QED) is 0.645. The molecule has 1 aliphatic rings. The Labute approximate surface area is 87.1 Å². The van der Waals surface area contributed by atoms with E-state index in [1.54, 1.807) is 6.92 Å². The Morgan fingerprint density at radius 3 is 2.47 bits per heavy atom. The Morgan fingerprint density at radius 2 is 2.07 bits per heavy atom. The van der Waals surface area contributed by atoms with Crippen LogP contribution in [0.5, 0.6) is 0 Å². The van der Waals surface area contributed by atoms with Gasteiger partial charge >= 0.3 is 5.97 Å². The molecule has 1 rings (SSSR count). The largest absolute Gasteiger partial charge is 0.481 e. The van der Waals surface area contributed by atoms with Crippen molar-refractivity contribution in [1.29, 1.82) is 0 Å². The second-order valence-corrected chi connectivity index (χ2v) is 3.81. The van der Waals surface area contributed by atoms with E-state index in [2.05, 4.69) is 0 Å². The number of carbonyl (C=O) groups excluding carboxylic acids is 2. The van der Waals surface area contributed by atoms with Gasteiger partial charge in [-0.1, -0.05) is 6.92 Å². The molecule has 0 radical (unpaired) electrons. The maximum Gasteiger partial charge on any atom is 0.307 e. The number of Topliss-reactive ketones (excluding diaryl/α,β-unsaturated/α-hetero) is 2. The van der Waals surface area contributed by atoms with Crippen LogP contribution >= 0.6 is 0 Å². The molecular formula is C10H14O5. The second kappa shape index (κ2) is 4.53. The standard InChI is InChI=1S/C10H14O5/c1-2-6(11)9-7(12)3-5(10(14)15)4-8(9)13/h5,7,9,12H,2-4H2,1H3,(H,14,15). The van der Waals surface area contributed by atoms with E-state index in [1.807, 2.05) is 0 Å². The van der Waals surface area contributed by atoms with Gasteiger partial charge in [0, 0.05) is 12.8 Å². The van der Waals surface area contributed by atoms with Crippen molar-refractivity contribution < 1.29 is 24.6 Å². The third-order valence-electron chi connectivity index (χ3n) is 2.75. The SMILES string of the molecule is CCC(=O)C1C(=O)CC(C(=O)O)CC1O. The van der Waals surface area contributed by atoms with E-state index in [9.17, 15) is 19.5 Å². The number of carbonyl (C=O) groups is 3. The van der Waals surface area contributed by atoms with Gasteiger partial charge in [-0.2, -0.15) is 0 Å². The summed E-state index contributed by atoms with van der Waals surface area (Å²) in [7, 11) is 0. The van der Waals surface area contributed by atoms with E-state index < -0.39 is 29.7 Å². The van der Waals surface area contributed by atoms with Crippen molar-refractivity contribution in [3.8, 4) is 0 Å². The zero-order valence-corrected chi connectivity index (χ0v) is 8.47. The van der Waals surface area contributed by atoms with Crippen LogP contribution in [-0.2, 0) is 14.4 Å². The van der Waals surface area contributed by atoms with Crippen LogP contribution in [0.25, 0.3) is 0 Å². The molecule has 5 heteroatoms. The predicted octanol–water partition coefficient (Wildman–Crippen LogP) is 0.00630. The molecule has 0 aliphatic heterocycles. The Kier molecular flexibility index (Phi) is 3.57. The van der Waals surface area contributed by atoms with Crippen molar-refractivity contribution >= 4 is 17.5 Å². The fourth-order valence-electron chi connectivity index (χ4n) is 1.90. The zero-order chi connectivity index (χ0) is 11.6. The third-order valence-corrected chi connectivity index (χ3v) is 2.75. The molecule has 5 nitrogen and oxygen atoms in total. The van der Waals surface area contributed by atoms with Crippen LogP contribution in [0.15, 0.2) is 0 Å². The summed E-state index contributed by atoms with van der Waals surface area (Å²) in [6, 6.07) is 0. The lowest BCUT2D eigenvalue weighted by atomic mass is 9.76. The van der Waals surface area contributed by atoms with Crippen LogP contribution in [0.1, 0.15) is 26.2 Å². The molecule has 0 aromatic carbocycles. The molecule has 84 valence electrons. The molecule has 3 unspecified atom stereocenters. The molecule has 0 saturated heterocycles. The molecule has 0 bridgehead atoms. The summed E-state index contributed by atoms with van der Waals surface area (Å²) < 4.78 is 0. The predicted molar refractivity (Wildman–Crippen MR) is 50.2 cm³/mol. The number of rotatable bonds is 3. The van der Waals surface area contributed by atoms with Crippen LogP contribution in [0.2, 0.25) is 0 Å². The van der Waals surface area contributed by atoms with Crippen molar-refractivity contribution in [2.45, 2.75) is 32.3 Å². The van der Waals surface area contributed by atoms with Gasteiger partial charge in [0.2, 0.25) is 0 Å². The van der Waals surface area contributed by atoms with E-state index in [0.29, 0.717) is 0 Å². The van der Waals surface area contributed by atoms with Crippen molar-refractivity contribution in [2.24, 2.45) is 11.8 Å². The van der Waals surface area contributed by atoms with Crippen LogP contribution in [0.4, 0.5) is 0 Å². The average molecular weight is 214 g/mol. The molecule has 15 heavy (non-hydrogen) atoms. The third kappa shape index (κ3) is 2.41. The van der Waals surface area contributed by atoms with Gasteiger partial charge in [-0.3, -0.25) is 14.4 Å². The van der Waals surface area contributed by atoms with Gasteiger partial charge in [0.15, 0.2) is 0 Å². The van der Waals surface area contributed by atoms with E-state index in [1.165, 1.54) is 0 Å². The van der Waals surface area contributed by atoms with Gasteiger partial charge in [0.05, 0.1) is 12.0 Å². The molecular weight excluding hydrogens is 200 g/mol. The smallest absolute Gasteiger partial charge is 0.307 e. The highest BCUT2D eigenvalue weighted by Crippen LogP contribution is 2.28. The number of ketones is 2. The van der Waals surface area contributed by atoms with Gasteiger partial charge in [0.1, 0.15) is 17.5 Å². The van der Waals surface area contributed by atoms with Crippen LogP contribution in [0.3, 0.4) is 0 Å². The fraction of sp³-hybridized carbons (Fsp3) is 0.700. The van der Waals surface area contributed by atoms with Crippen molar-refractivity contribution in [3.05, 3.63) is 0 Å². The summed E-state index contributed by atoms with van der Waals surface area (Å²) in [6.45, 7) is 1.62. The molecule has 2 N–H and O–H groups in total. The fourth-order valence-corrected chi connectivity index (χ4v) is 1.90. The molecule has 0 amide bonds. The molecule has 0 heterocycles. The van der Waals surface area contributed by atoms with Crippen molar-refractivity contribution in [2.75, 3.05) is 0 Å². The van der Waals surface area contributed by atoms with Crippen LogP contribution < -0.4 is 0 Å². The minimum absolute atomic E-state index is 0.0164. The number of aliphatic hydroxyl groups is 1. The molecule has 1 fully saturated rings. The van der Waals surface area contributed by atoms with Gasteiger partial charge in [0.25, 0.3) is 0 Å². The van der Waals surface area contributed by atoms with Gasteiger partial charge in [-0.15, -0.1) is 0 Å². The summed E-state index contributed by atoms with van der Waals surface area (Å²) in [5, 5.41) is 18.3. The van der Waals surface area contributed by atoms with Gasteiger partial charge in [-0.05, 0) is 6.42 Å². The summed E-state index contributed by atoms with van der Waals surface area (Å²) >= 11 is 0. The number of carboxylic acid groups (broad SMARTS) is 1. The molecule has 3 atom stereocenters. The first kappa shape index (κ1) is 11.8. The summed E-state index contributed by atoms with van der Waals surface area (Å²) in [5.74, 6) is -3.71. The highest BCUT2D eigenvalue weighted by Gasteiger charge is 2.41. The highest BCUT2D eigenvalue weighted by molar-refractivity contribution is 6.04. The lowest BCUT2D eigenvalue weighted by molar-refractivity contribution is -0.153. The number of hydrogen-bond acceptors (Lipinski definition) is 4. The number of hydrogen-bond donors (Lipinski definition) is 2. The average Bonchev–Trinajstić information content (AvgIpc) is 2.16. The number of aliphatic hydroxyl groups excluding tert-OH is 1. The second-order valence-electron chi connectivity index (χ2n) is 3.81. The summed E-state index contributed by atoms with van der Waals surface area (Å²) in [6.07, 6.45) is -1.12.